The summed E-state index contributed by atoms with van der Waals surface area (Å²) in [7, 11) is 0. The summed E-state index contributed by atoms with van der Waals surface area (Å²) in [5.74, 6) is -0.445. The molecule has 1 atom stereocenters. The summed E-state index contributed by atoms with van der Waals surface area (Å²) in [6, 6.07) is 13.1. The van der Waals surface area contributed by atoms with Gasteiger partial charge in [-0.1, -0.05) is 23.7 Å². The number of carbonyl (C=O) groups excluding carboxylic acids is 1. The lowest BCUT2D eigenvalue weighted by Gasteiger charge is -2.29. The number of ether oxygens (including phenoxy) is 2. The number of halogens is 1. The normalized spacial score (nSPS) is 12.7. The monoisotopic (exact) mass is 442 g/mol. The Hall–Kier alpha value is -2.63. The molecule has 1 aromatic heterocycles. The van der Waals surface area contributed by atoms with E-state index in [1.807, 2.05) is 65.0 Å². The maximum Gasteiger partial charge on any atom is 0.339 e. The Kier molecular flexibility index (Phi) is 6.58. The lowest BCUT2D eigenvalue weighted by molar-refractivity contribution is -0.888. The SMILES string of the molecule is CCOC(=O)C(OC(C)(C)C)c1c(C)cc2c(ccc(C)[n+]2O)c1-c1ccc(Cl)cc1. The zero-order valence-corrected chi connectivity index (χ0v) is 19.6. The zero-order valence-electron chi connectivity index (χ0n) is 18.8. The number of rotatable bonds is 5. The Morgan fingerprint density at radius 2 is 1.77 bits per heavy atom. The van der Waals surface area contributed by atoms with Crippen molar-refractivity contribution in [2.75, 3.05) is 6.61 Å². The van der Waals surface area contributed by atoms with Gasteiger partial charge >= 0.3 is 5.97 Å². The van der Waals surface area contributed by atoms with Gasteiger partial charge in [-0.05, 0) is 63.9 Å². The predicted octanol–water partition coefficient (Wildman–Crippen LogP) is 5.72. The van der Waals surface area contributed by atoms with Crippen molar-refractivity contribution in [1.82, 2.24) is 0 Å². The quantitative estimate of drug-likeness (QED) is 0.312. The van der Waals surface area contributed by atoms with Gasteiger partial charge in [-0.2, -0.15) is 0 Å². The van der Waals surface area contributed by atoms with Crippen LogP contribution in [0.15, 0.2) is 42.5 Å². The number of hydrogen-bond acceptors (Lipinski definition) is 4. The number of pyridine rings is 1. The van der Waals surface area contributed by atoms with Crippen molar-refractivity contribution in [3.63, 3.8) is 0 Å². The number of fused-ring (bicyclic) bond motifs is 1. The number of hydrogen-bond donors (Lipinski definition) is 1. The molecule has 1 heterocycles. The molecule has 1 unspecified atom stereocenters. The highest BCUT2D eigenvalue weighted by Crippen LogP contribution is 2.40. The summed E-state index contributed by atoms with van der Waals surface area (Å²) < 4.78 is 12.8. The van der Waals surface area contributed by atoms with E-state index in [2.05, 4.69) is 0 Å². The summed E-state index contributed by atoms with van der Waals surface area (Å²) in [6.07, 6.45) is -0.927. The van der Waals surface area contributed by atoms with Crippen LogP contribution in [0.2, 0.25) is 5.02 Å². The molecule has 2 aromatic carbocycles. The highest BCUT2D eigenvalue weighted by atomic mass is 35.5. The molecule has 0 aliphatic rings. The van der Waals surface area contributed by atoms with Crippen molar-refractivity contribution >= 4 is 28.5 Å². The van der Waals surface area contributed by atoms with Gasteiger partial charge in [0.2, 0.25) is 5.69 Å². The molecule has 0 saturated carbocycles. The van der Waals surface area contributed by atoms with Gasteiger partial charge < -0.3 is 9.47 Å². The van der Waals surface area contributed by atoms with Crippen LogP contribution in [0.5, 0.6) is 0 Å². The molecular formula is C25H29ClNO4+. The van der Waals surface area contributed by atoms with Crippen molar-refractivity contribution in [3.05, 3.63) is 64.3 Å². The Morgan fingerprint density at radius 3 is 2.35 bits per heavy atom. The fraction of sp³-hybridized carbons (Fsp3) is 0.360. The molecule has 3 rings (SSSR count). The maximum absolute atomic E-state index is 13.0. The van der Waals surface area contributed by atoms with Crippen molar-refractivity contribution in [2.45, 2.75) is 53.2 Å². The molecule has 0 amide bonds. The summed E-state index contributed by atoms with van der Waals surface area (Å²) in [5, 5.41) is 12.1. The molecule has 0 aliphatic carbocycles. The molecule has 0 radical (unpaired) electrons. The third-order valence-electron chi connectivity index (χ3n) is 5.01. The van der Waals surface area contributed by atoms with Crippen LogP contribution in [-0.2, 0) is 14.3 Å². The van der Waals surface area contributed by atoms with Gasteiger partial charge in [0, 0.05) is 39.9 Å². The first-order valence-electron chi connectivity index (χ1n) is 10.3. The minimum absolute atomic E-state index is 0.252. The standard InChI is InChI=1S/C25H29ClNO4/c1-7-30-24(28)23(31-25(4,5)6)21-15(2)14-20-19(13-8-16(3)27(20)29)22(21)17-9-11-18(26)12-10-17/h8-14,23,29H,7H2,1-6H3/q+1. The highest BCUT2D eigenvalue weighted by molar-refractivity contribution is 6.30. The molecule has 0 spiro atoms. The van der Waals surface area contributed by atoms with E-state index in [-0.39, 0.29) is 6.61 Å². The van der Waals surface area contributed by atoms with Crippen LogP contribution in [0.4, 0.5) is 0 Å². The van der Waals surface area contributed by atoms with Gasteiger partial charge in [-0.3, -0.25) is 5.21 Å². The van der Waals surface area contributed by atoms with E-state index in [1.54, 1.807) is 19.1 Å². The largest absolute Gasteiger partial charge is 0.464 e. The first-order valence-corrected chi connectivity index (χ1v) is 10.7. The number of esters is 1. The molecule has 5 nitrogen and oxygen atoms in total. The van der Waals surface area contributed by atoms with E-state index in [9.17, 15) is 10.0 Å². The van der Waals surface area contributed by atoms with Gasteiger partial charge in [0.1, 0.15) is 0 Å². The van der Waals surface area contributed by atoms with Crippen LogP contribution in [0, 0.1) is 13.8 Å². The molecule has 164 valence electrons. The summed E-state index contributed by atoms with van der Waals surface area (Å²) in [4.78, 5) is 13.0. The second-order valence-corrected chi connectivity index (χ2v) is 9.01. The molecule has 0 aliphatic heterocycles. The van der Waals surface area contributed by atoms with Crippen molar-refractivity contribution < 1.29 is 24.2 Å². The fourth-order valence-corrected chi connectivity index (χ4v) is 3.83. The number of nitrogens with zero attached hydrogens (tertiary/aromatic N) is 1. The Balaban J connectivity index is 2.42. The smallest absolute Gasteiger partial charge is 0.339 e. The molecule has 0 fully saturated rings. The van der Waals surface area contributed by atoms with Crippen molar-refractivity contribution in [1.29, 1.82) is 0 Å². The summed E-state index contributed by atoms with van der Waals surface area (Å²) in [5.41, 5.74) is 3.96. The van der Waals surface area contributed by atoms with Gasteiger partial charge in [0.05, 0.1) is 17.6 Å². The molecule has 3 aromatic rings. The van der Waals surface area contributed by atoms with E-state index >= 15 is 0 Å². The Labute approximate surface area is 188 Å². The van der Waals surface area contributed by atoms with E-state index in [0.29, 0.717) is 21.8 Å². The minimum atomic E-state index is -0.927. The average molecular weight is 443 g/mol. The fourth-order valence-electron chi connectivity index (χ4n) is 3.70. The van der Waals surface area contributed by atoms with Crippen LogP contribution < -0.4 is 4.73 Å². The molecular weight excluding hydrogens is 414 g/mol. The molecule has 1 N–H and O–H groups in total. The third kappa shape index (κ3) is 4.83. The molecule has 6 heteroatoms. The summed E-state index contributed by atoms with van der Waals surface area (Å²) in [6.45, 7) is 11.5. The van der Waals surface area contributed by atoms with Gasteiger partial charge in [0.25, 0.3) is 5.52 Å². The minimum Gasteiger partial charge on any atom is -0.464 e. The highest BCUT2D eigenvalue weighted by Gasteiger charge is 2.34. The predicted molar refractivity (Wildman–Crippen MR) is 121 cm³/mol. The van der Waals surface area contributed by atoms with E-state index < -0.39 is 17.7 Å². The maximum atomic E-state index is 13.0. The van der Waals surface area contributed by atoms with Gasteiger partial charge in [-0.25, -0.2) is 4.79 Å². The van der Waals surface area contributed by atoms with Crippen LogP contribution in [0.1, 0.15) is 50.6 Å². The van der Waals surface area contributed by atoms with E-state index in [4.69, 9.17) is 21.1 Å². The summed E-state index contributed by atoms with van der Waals surface area (Å²) >= 11 is 6.13. The van der Waals surface area contributed by atoms with Gasteiger partial charge in [0.15, 0.2) is 6.10 Å². The second kappa shape index (κ2) is 8.85. The average Bonchev–Trinajstić information content (AvgIpc) is 2.69. The molecule has 31 heavy (non-hydrogen) atoms. The first kappa shape index (κ1) is 23.0. The molecule has 0 saturated heterocycles. The second-order valence-electron chi connectivity index (χ2n) is 8.57. The van der Waals surface area contributed by atoms with E-state index in [0.717, 1.165) is 26.8 Å². The Bertz CT molecular complexity index is 1120. The van der Waals surface area contributed by atoms with Crippen LogP contribution in [0.3, 0.4) is 0 Å². The number of benzene rings is 2. The van der Waals surface area contributed by atoms with Crippen LogP contribution in [0.25, 0.3) is 22.0 Å². The number of aromatic nitrogens is 1. The number of aryl methyl sites for hydroxylation is 2. The number of carbonyl (C=O) groups is 1. The topological polar surface area (TPSA) is 59.6 Å². The van der Waals surface area contributed by atoms with Crippen LogP contribution in [-0.4, -0.2) is 23.4 Å². The van der Waals surface area contributed by atoms with Crippen molar-refractivity contribution in [2.24, 2.45) is 0 Å². The Morgan fingerprint density at radius 1 is 1.13 bits per heavy atom. The lowest BCUT2D eigenvalue weighted by atomic mass is 9.88. The first-order chi connectivity index (χ1) is 14.5. The third-order valence-corrected chi connectivity index (χ3v) is 5.27. The lowest BCUT2D eigenvalue weighted by Crippen LogP contribution is -2.35. The molecule has 0 bridgehead atoms. The van der Waals surface area contributed by atoms with Crippen molar-refractivity contribution in [3.8, 4) is 11.1 Å². The van der Waals surface area contributed by atoms with Gasteiger partial charge in [-0.15, -0.1) is 0 Å². The van der Waals surface area contributed by atoms with E-state index in [1.165, 1.54) is 0 Å². The van der Waals surface area contributed by atoms with Crippen LogP contribution >= 0.6 is 11.6 Å². The zero-order chi connectivity index (χ0) is 22.9.